The van der Waals surface area contributed by atoms with Crippen LogP contribution in [-0.2, 0) is 21.5 Å². The lowest BCUT2D eigenvalue weighted by atomic mass is 9.79. The van der Waals surface area contributed by atoms with Crippen LogP contribution in [0, 0.1) is 0 Å². The number of piperidine rings is 1. The van der Waals surface area contributed by atoms with Gasteiger partial charge in [0.25, 0.3) is 5.91 Å². The summed E-state index contributed by atoms with van der Waals surface area (Å²) in [5.74, 6) is -1.69. The van der Waals surface area contributed by atoms with E-state index in [0.717, 1.165) is 50.8 Å². The number of hydrogen-bond donors (Lipinski definition) is 1. The minimum atomic E-state index is -0.735. The maximum absolute atomic E-state index is 13.4. The minimum Gasteiger partial charge on any atom is -0.418 e. The Morgan fingerprint density at radius 3 is 2.25 bits per heavy atom. The number of nitrogens with one attached hydrogen (secondary N) is 1. The number of anilines is 1. The van der Waals surface area contributed by atoms with Crippen molar-refractivity contribution in [2.45, 2.75) is 63.6 Å². The molecule has 3 aromatic rings. The summed E-state index contributed by atoms with van der Waals surface area (Å²) in [4.78, 5) is 43.0. The second-order valence-corrected chi connectivity index (χ2v) is 11.8. The van der Waals surface area contributed by atoms with Crippen LogP contribution in [0.2, 0.25) is 0 Å². The zero-order valence-corrected chi connectivity index (χ0v) is 25.3. The third-order valence-electron chi connectivity index (χ3n) is 9.33. The molecule has 44 heavy (non-hydrogen) atoms. The Balaban J connectivity index is 1.33. The Kier molecular flexibility index (Phi) is 8.53. The van der Waals surface area contributed by atoms with E-state index in [4.69, 9.17) is 9.47 Å². The van der Waals surface area contributed by atoms with E-state index >= 15 is 0 Å². The summed E-state index contributed by atoms with van der Waals surface area (Å²) in [6.07, 6.45) is 6.95. The van der Waals surface area contributed by atoms with Gasteiger partial charge in [0.15, 0.2) is 11.5 Å². The van der Waals surface area contributed by atoms with Crippen LogP contribution in [0.3, 0.4) is 0 Å². The fraction of sp³-hybridized carbons (Fsp3) is 0.361. The molecule has 1 N–H and O–H groups in total. The van der Waals surface area contributed by atoms with E-state index in [-0.39, 0.29) is 34.6 Å². The molecule has 2 saturated heterocycles. The van der Waals surface area contributed by atoms with Crippen LogP contribution < -0.4 is 14.8 Å². The van der Waals surface area contributed by atoms with Crippen LogP contribution in [0.4, 0.5) is 5.69 Å². The van der Waals surface area contributed by atoms with Crippen LogP contribution in [0.25, 0.3) is 0 Å². The van der Waals surface area contributed by atoms with Gasteiger partial charge in [-0.2, -0.15) is 0 Å². The molecule has 3 aliphatic heterocycles. The van der Waals surface area contributed by atoms with Crippen LogP contribution in [0.5, 0.6) is 11.5 Å². The SMILES string of the molecule is CCN(CC)C(=O)c1ccc(NC2CC3CCC(c4ccccc4)(C2)N3CCc2ccccc2)c2c1OC(=O)/C=C/C(=O)O2. The van der Waals surface area contributed by atoms with E-state index in [9.17, 15) is 14.4 Å². The Morgan fingerprint density at radius 1 is 0.909 bits per heavy atom. The van der Waals surface area contributed by atoms with Gasteiger partial charge in [-0.25, -0.2) is 9.59 Å². The number of fused-ring (bicyclic) bond motifs is 3. The zero-order chi connectivity index (χ0) is 30.7. The van der Waals surface area contributed by atoms with E-state index in [1.807, 2.05) is 13.8 Å². The molecule has 0 radical (unpaired) electrons. The quantitative estimate of drug-likeness (QED) is 0.251. The molecule has 3 unspecified atom stereocenters. The van der Waals surface area contributed by atoms with Gasteiger partial charge in [0, 0.05) is 49.4 Å². The van der Waals surface area contributed by atoms with Gasteiger partial charge in [0.1, 0.15) is 0 Å². The minimum absolute atomic E-state index is 0.0318. The largest absolute Gasteiger partial charge is 0.418 e. The lowest BCUT2D eigenvalue weighted by Gasteiger charge is -2.49. The number of hydrogen-bond acceptors (Lipinski definition) is 7. The van der Waals surface area contributed by atoms with Crippen LogP contribution >= 0.6 is 0 Å². The number of nitrogens with zero attached hydrogens (tertiary/aromatic N) is 2. The predicted molar refractivity (Wildman–Crippen MR) is 169 cm³/mol. The number of esters is 2. The average Bonchev–Trinajstić information content (AvgIpc) is 3.26. The van der Waals surface area contributed by atoms with E-state index in [0.29, 0.717) is 24.8 Å². The predicted octanol–water partition coefficient (Wildman–Crippen LogP) is 5.73. The molecule has 0 spiro atoms. The highest BCUT2D eigenvalue weighted by atomic mass is 16.6. The highest BCUT2D eigenvalue weighted by Gasteiger charge is 2.52. The lowest BCUT2D eigenvalue weighted by Crippen LogP contribution is -2.54. The third kappa shape index (κ3) is 5.74. The Bertz CT molecular complexity index is 1550. The van der Waals surface area contributed by atoms with Crippen molar-refractivity contribution in [3.05, 3.63) is 102 Å². The highest BCUT2D eigenvalue weighted by molar-refractivity contribution is 6.03. The first-order valence-electron chi connectivity index (χ1n) is 15.6. The molecule has 6 rings (SSSR count). The molecule has 1 amide bonds. The average molecular weight is 594 g/mol. The van der Waals surface area contributed by atoms with Crippen LogP contribution in [0.15, 0.2) is 84.9 Å². The molecular formula is C36H39N3O5. The van der Waals surface area contributed by atoms with E-state index in [1.165, 1.54) is 11.1 Å². The molecule has 2 bridgehead atoms. The molecule has 0 aliphatic carbocycles. The summed E-state index contributed by atoms with van der Waals surface area (Å²) in [6.45, 7) is 5.72. The van der Waals surface area contributed by atoms with Crippen molar-refractivity contribution < 1.29 is 23.9 Å². The Hall–Kier alpha value is -4.43. The first-order chi connectivity index (χ1) is 21.4. The molecule has 8 heteroatoms. The smallest absolute Gasteiger partial charge is 0.336 e. The van der Waals surface area contributed by atoms with Gasteiger partial charge < -0.3 is 19.7 Å². The van der Waals surface area contributed by atoms with Gasteiger partial charge in [0.05, 0.1) is 11.3 Å². The van der Waals surface area contributed by atoms with Gasteiger partial charge in [-0.15, -0.1) is 0 Å². The number of amides is 1. The first-order valence-corrected chi connectivity index (χ1v) is 15.6. The van der Waals surface area contributed by atoms with Crippen LogP contribution in [0.1, 0.15) is 61.0 Å². The number of rotatable bonds is 9. The molecule has 8 nitrogen and oxygen atoms in total. The third-order valence-corrected chi connectivity index (χ3v) is 9.33. The number of carbonyl (C=O) groups excluding carboxylic acids is 3. The number of carbonyl (C=O) groups is 3. The Labute approximate surface area is 258 Å². The first kappa shape index (κ1) is 29.6. The molecule has 3 atom stereocenters. The highest BCUT2D eigenvalue weighted by Crippen LogP contribution is 2.52. The molecule has 0 aromatic heterocycles. The summed E-state index contributed by atoms with van der Waals surface area (Å²) in [6, 6.07) is 25.2. The topological polar surface area (TPSA) is 88.2 Å². The molecule has 3 aliphatic rings. The van der Waals surface area contributed by atoms with Crippen molar-refractivity contribution in [3.63, 3.8) is 0 Å². The fourth-order valence-corrected chi connectivity index (χ4v) is 7.27. The van der Waals surface area contributed by atoms with E-state index in [1.54, 1.807) is 17.0 Å². The Morgan fingerprint density at radius 2 is 1.57 bits per heavy atom. The summed E-state index contributed by atoms with van der Waals surface area (Å²) in [7, 11) is 0. The van der Waals surface area contributed by atoms with Gasteiger partial charge in [-0.1, -0.05) is 60.7 Å². The van der Waals surface area contributed by atoms with Crippen molar-refractivity contribution >= 4 is 23.5 Å². The molecule has 3 aromatic carbocycles. The molecule has 3 heterocycles. The standard InChI is InChI=1S/C36H39N3O5/c1-3-38(4-2)35(42)29-15-16-30(34-33(29)43-31(40)17-18-32(41)44-34)37-27-23-28-19-21-36(24-27,26-13-9-6-10-14-26)39(28)22-20-25-11-7-5-8-12-25/h5-18,27-28,37H,3-4,19-24H2,1-2H3/b18-17+. The van der Waals surface area contributed by atoms with Gasteiger partial charge in [-0.05, 0) is 69.2 Å². The van der Waals surface area contributed by atoms with Crippen LogP contribution in [-0.4, -0.2) is 59.4 Å². The number of ether oxygens (including phenoxy) is 2. The normalized spacial score (nSPS) is 23.5. The van der Waals surface area contributed by atoms with Crippen molar-refractivity contribution in [3.8, 4) is 11.5 Å². The monoisotopic (exact) mass is 593 g/mol. The van der Waals surface area contributed by atoms with Crippen molar-refractivity contribution in [2.24, 2.45) is 0 Å². The van der Waals surface area contributed by atoms with Gasteiger partial charge >= 0.3 is 11.9 Å². The molecule has 2 fully saturated rings. The molecule has 0 saturated carbocycles. The van der Waals surface area contributed by atoms with Crippen molar-refractivity contribution in [1.29, 1.82) is 0 Å². The van der Waals surface area contributed by atoms with Crippen molar-refractivity contribution in [1.82, 2.24) is 9.80 Å². The maximum Gasteiger partial charge on any atom is 0.336 e. The summed E-state index contributed by atoms with van der Waals surface area (Å²) < 4.78 is 11.4. The lowest BCUT2D eigenvalue weighted by molar-refractivity contribution is -0.133. The van der Waals surface area contributed by atoms with Gasteiger partial charge in [-0.3, -0.25) is 9.69 Å². The van der Waals surface area contributed by atoms with Gasteiger partial charge in [0.2, 0.25) is 0 Å². The van der Waals surface area contributed by atoms with Crippen molar-refractivity contribution in [2.75, 3.05) is 25.0 Å². The zero-order valence-electron chi connectivity index (χ0n) is 25.3. The molecule has 228 valence electrons. The van der Waals surface area contributed by atoms with E-state index < -0.39 is 11.9 Å². The molecular weight excluding hydrogens is 554 g/mol. The fourth-order valence-electron chi connectivity index (χ4n) is 7.27. The maximum atomic E-state index is 13.4. The summed E-state index contributed by atoms with van der Waals surface area (Å²) >= 11 is 0. The second-order valence-electron chi connectivity index (χ2n) is 11.8. The summed E-state index contributed by atoms with van der Waals surface area (Å²) in [5, 5.41) is 3.66. The second kappa shape index (κ2) is 12.7. The van der Waals surface area contributed by atoms with E-state index in [2.05, 4.69) is 70.9 Å². The summed E-state index contributed by atoms with van der Waals surface area (Å²) in [5.41, 5.74) is 3.21. The number of benzene rings is 3.